The van der Waals surface area contributed by atoms with Crippen LogP contribution in [0.2, 0.25) is 0 Å². The maximum atomic E-state index is 9.58. The minimum atomic E-state index is 0.181. The van der Waals surface area contributed by atoms with Gasteiger partial charge in [0.2, 0.25) is 0 Å². The molecule has 3 heteroatoms. The van der Waals surface area contributed by atoms with Crippen molar-refractivity contribution in [2.45, 2.75) is 38.3 Å². The van der Waals surface area contributed by atoms with E-state index in [1.807, 2.05) is 12.1 Å². The van der Waals surface area contributed by atoms with Crippen LogP contribution in [0.5, 0.6) is 0 Å². The summed E-state index contributed by atoms with van der Waals surface area (Å²) in [7, 11) is 0. The lowest BCUT2D eigenvalue weighted by Gasteiger charge is -2.38. The fourth-order valence-corrected chi connectivity index (χ4v) is 3.59. The third-order valence-electron chi connectivity index (χ3n) is 4.71. The number of rotatable bonds is 4. The molecule has 3 nitrogen and oxygen atoms in total. The SMILES string of the molecule is CCC[C@@H]1/C(=N/O)C[C@@H](c2ccccc2)N[C@H]1c1ccccc1. The van der Waals surface area contributed by atoms with Gasteiger partial charge < -0.3 is 10.5 Å². The van der Waals surface area contributed by atoms with Crippen molar-refractivity contribution in [2.24, 2.45) is 11.1 Å². The van der Waals surface area contributed by atoms with Crippen molar-refractivity contribution in [1.82, 2.24) is 5.32 Å². The lowest BCUT2D eigenvalue weighted by Crippen LogP contribution is -2.42. The minimum absolute atomic E-state index is 0.181. The molecule has 1 aliphatic heterocycles. The van der Waals surface area contributed by atoms with Crippen molar-refractivity contribution in [3.63, 3.8) is 0 Å². The molecule has 1 aliphatic rings. The minimum Gasteiger partial charge on any atom is -0.411 e. The molecule has 23 heavy (non-hydrogen) atoms. The third kappa shape index (κ3) is 3.45. The van der Waals surface area contributed by atoms with Crippen molar-refractivity contribution in [2.75, 3.05) is 0 Å². The van der Waals surface area contributed by atoms with Crippen LogP contribution in [0.1, 0.15) is 49.4 Å². The number of hydrogen-bond donors (Lipinski definition) is 2. The molecule has 0 aliphatic carbocycles. The zero-order valence-corrected chi connectivity index (χ0v) is 13.5. The maximum absolute atomic E-state index is 9.58. The highest BCUT2D eigenvalue weighted by Gasteiger charge is 2.35. The molecular weight excluding hydrogens is 284 g/mol. The first-order valence-corrected chi connectivity index (χ1v) is 8.40. The van der Waals surface area contributed by atoms with Crippen LogP contribution in [0.3, 0.4) is 0 Å². The number of nitrogens with zero attached hydrogens (tertiary/aromatic N) is 1. The molecule has 0 bridgehead atoms. The van der Waals surface area contributed by atoms with Crippen LogP contribution in [-0.4, -0.2) is 10.9 Å². The fraction of sp³-hybridized carbons (Fsp3) is 0.350. The van der Waals surface area contributed by atoms with E-state index in [1.165, 1.54) is 11.1 Å². The summed E-state index contributed by atoms with van der Waals surface area (Å²) in [6, 6.07) is 21.3. The van der Waals surface area contributed by atoms with Gasteiger partial charge in [0.15, 0.2) is 0 Å². The summed E-state index contributed by atoms with van der Waals surface area (Å²) in [6.07, 6.45) is 2.85. The topological polar surface area (TPSA) is 44.6 Å². The van der Waals surface area contributed by atoms with E-state index in [9.17, 15) is 5.21 Å². The Labute approximate surface area is 138 Å². The van der Waals surface area contributed by atoms with Gasteiger partial charge in [-0.2, -0.15) is 0 Å². The predicted molar refractivity (Wildman–Crippen MR) is 93.7 cm³/mol. The lowest BCUT2D eigenvalue weighted by atomic mass is 9.78. The lowest BCUT2D eigenvalue weighted by molar-refractivity contribution is 0.284. The summed E-state index contributed by atoms with van der Waals surface area (Å²) in [5, 5.41) is 17.0. The zero-order valence-electron chi connectivity index (χ0n) is 13.5. The van der Waals surface area contributed by atoms with E-state index >= 15 is 0 Å². The van der Waals surface area contributed by atoms with Gasteiger partial charge in [0.25, 0.3) is 0 Å². The maximum Gasteiger partial charge on any atom is 0.0639 e. The quantitative estimate of drug-likeness (QED) is 0.634. The summed E-state index contributed by atoms with van der Waals surface area (Å²) < 4.78 is 0. The van der Waals surface area contributed by atoms with Gasteiger partial charge in [-0.25, -0.2) is 0 Å². The molecular formula is C20H24N2O. The highest BCUT2D eigenvalue weighted by Crippen LogP contribution is 2.37. The first kappa shape index (κ1) is 15.8. The van der Waals surface area contributed by atoms with E-state index < -0.39 is 0 Å². The number of hydrogen-bond acceptors (Lipinski definition) is 3. The Morgan fingerprint density at radius 1 is 1.00 bits per heavy atom. The second-order valence-corrected chi connectivity index (χ2v) is 6.21. The van der Waals surface area contributed by atoms with Gasteiger partial charge in [0.1, 0.15) is 0 Å². The van der Waals surface area contributed by atoms with Crippen LogP contribution >= 0.6 is 0 Å². The summed E-state index contributed by atoms with van der Waals surface area (Å²) in [4.78, 5) is 0. The van der Waals surface area contributed by atoms with Crippen LogP contribution in [0.15, 0.2) is 65.8 Å². The molecule has 1 fully saturated rings. The number of piperidine rings is 1. The average molecular weight is 308 g/mol. The predicted octanol–water partition coefficient (Wildman–Crippen LogP) is 4.71. The van der Waals surface area contributed by atoms with Crippen LogP contribution in [-0.2, 0) is 0 Å². The Hall–Kier alpha value is -2.13. The Kier molecular flexibility index (Phi) is 5.09. The molecule has 1 saturated heterocycles. The molecule has 0 unspecified atom stereocenters. The fourth-order valence-electron chi connectivity index (χ4n) is 3.59. The molecule has 0 radical (unpaired) electrons. The van der Waals surface area contributed by atoms with Crippen molar-refractivity contribution in [1.29, 1.82) is 0 Å². The van der Waals surface area contributed by atoms with Crippen molar-refractivity contribution < 1.29 is 5.21 Å². The standard InChI is InChI=1S/C20H24N2O/c1-2-9-17-19(22-23)14-18(15-10-5-3-6-11-15)21-20(17)16-12-7-4-8-13-16/h3-8,10-13,17-18,20-21,23H,2,9,14H2,1H3/b22-19+/t17-,18+,20+/m1/s1. The van der Waals surface area contributed by atoms with Gasteiger partial charge in [-0.3, -0.25) is 0 Å². The molecule has 3 atom stereocenters. The summed E-state index contributed by atoms with van der Waals surface area (Å²) in [5.41, 5.74) is 3.41. The number of benzene rings is 2. The van der Waals surface area contributed by atoms with E-state index in [-0.39, 0.29) is 18.0 Å². The number of oxime groups is 1. The molecule has 2 aromatic rings. The van der Waals surface area contributed by atoms with E-state index in [0.29, 0.717) is 0 Å². The van der Waals surface area contributed by atoms with E-state index in [0.717, 1.165) is 25.0 Å². The second-order valence-electron chi connectivity index (χ2n) is 6.21. The largest absolute Gasteiger partial charge is 0.411 e. The first-order chi connectivity index (χ1) is 11.3. The van der Waals surface area contributed by atoms with Crippen LogP contribution in [0, 0.1) is 5.92 Å². The summed E-state index contributed by atoms with van der Waals surface area (Å²) in [5.74, 6) is 0.243. The van der Waals surface area contributed by atoms with Gasteiger partial charge in [-0.15, -0.1) is 0 Å². The zero-order chi connectivity index (χ0) is 16.1. The molecule has 0 aromatic heterocycles. The van der Waals surface area contributed by atoms with Gasteiger partial charge in [0.05, 0.1) is 5.71 Å². The Morgan fingerprint density at radius 2 is 1.61 bits per heavy atom. The highest BCUT2D eigenvalue weighted by atomic mass is 16.4. The molecule has 1 heterocycles. The third-order valence-corrected chi connectivity index (χ3v) is 4.71. The molecule has 2 N–H and O–H groups in total. The molecule has 0 saturated carbocycles. The molecule has 0 spiro atoms. The smallest absolute Gasteiger partial charge is 0.0639 e. The van der Waals surface area contributed by atoms with Crippen LogP contribution in [0.4, 0.5) is 0 Å². The average Bonchev–Trinajstić information content (AvgIpc) is 2.63. The molecule has 2 aromatic carbocycles. The van der Waals surface area contributed by atoms with Crippen LogP contribution in [0.25, 0.3) is 0 Å². The summed E-state index contributed by atoms with van der Waals surface area (Å²) in [6.45, 7) is 2.18. The van der Waals surface area contributed by atoms with Crippen molar-refractivity contribution in [3.8, 4) is 0 Å². The highest BCUT2D eigenvalue weighted by molar-refractivity contribution is 5.88. The van der Waals surface area contributed by atoms with Gasteiger partial charge in [-0.05, 0) is 17.5 Å². The van der Waals surface area contributed by atoms with Crippen molar-refractivity contribution in [3.05, 3.63) is 71.8 Å². The van der Waals surface area contributed by atoms with E-state index in [1.54, 1.807) is 0 Å². The van der Waals surface area contributed by atoms with Gasteiger partial charge >= 0.3 is 0 Å². The first-order valence-electron chi connectivity index (χ1n) is 8.40. The summed E-state index contributed by atoms with van der Waals surface area (Å²) >= 11 is 0. The monoisotopic (exact) mass is 308 g/mol. The van der Waals surface area contributed by atoms with E-state index in [2.05, 4.69) is 65.9 Å². The Bertz CT molecular complexity index is 639. The van der Waals surface area contributed by atoms with Gasteiger partial charge in [0, 0.05) is 24.4 Å². The second kappa shape index (κ2) is 7.42. The molecule has 120 valence electrons. The Morgan fingerprint density at radius 3 is 2.17 bits per heavy atom. The normalized spacial score (nSPS) is 26.3. The van der Waals surface area contributed by atoms with Crippen LogP contribution < -0.4 is 5.32 Å². The molecule has 0 amide bonds. The number of nitrogens with one attached hydrogen (secondary N) is 1. The molecule has 3 rings (SSSR count). The Balaban J connectivity index is 1.95. The van der Waals surface area contributed by atoms with E-state index in [4.69, 9.17) is 0 Å². The van der Waals surface area contributed by atoms with Crippen molar-refractivity contribution >= 4 is 5.71 Å². The van der Waals surface area contributed by atoms with Gasteiger partial charge in [-0.1, -0.05) is 79.2 Å².